The highest BCUT2D eigenvalue weighted by Gasteiger charge is 2.26. The molecule has 37 heavy (non-hydrogen) atoms. The van der Waals surface area contributed by atoms with E-state index in [2.05, 4.69) is 10.6 Å². The Bertz CT molecular complexity index is 1040. The lowest BCUT2D eigenvalue weighted by atomic mass is 10.1. The molecule has 0 aliphatic carbocycles. The predicted molar refractivity (Wildman–Crippen MR) is 148 cm³/mol. The Morgan fingerprint density at radius 1 is 0.919 bits per heavy atom. The van der Waals surface area contributed by atoms with E-state index in [1.807, 2.05) is 77.2 Å². The number of hydrogen-bond acceptors (Lipinski definition) is 6. The zero-order valence-electron chi connectivity index (χ0n) is 21.2. The Labute approximate surface area is 226 Å². The minimum absolute atomic E-state index is 0.0900. The fraction of sp³-hybridized carbons (Fsp3) is 0.393. The van der Waals surface area contributed by atoms with Gasteiger partial charge in [-0.2, -0.15) is 0 Å². The summed E-state index contributed by atoms with van der Waals surface area (Å²) in [6, 6.07) is 17.0. The van der Waals surface area contributed by atoms with Crippen molar-refractivity contribution in [2.45, 2.75) is 64.7 Å². The molecule has 198 valence electrons. The predicted octanol–water partition coefficient (Wildman–Crippen LogP) is 5.72. The van der Waals surface area contributed by atoms with Crippen LogP contribution in [0.1, 0.15) is 54.3 Å². The maximum atomic E-state index is 13.7. The number of nitrogens with zero attached hydrogens (tertiary/aromatic N) is 1. The van der Waals surface area contributed by atoms with E-state index < -0.39 is 12.1 Å². The second-order valence-corrected chi connectivity index (χ2v) is 10.8. The van der Waals surface area contributed by atoms with Crippen LogP contribution < -0.4 is 10.6 Å². The number of alkyl carbamates (subject to hydrolysis) is 1. The average Bonchev–Trinajstić information content (AvgIpc) is 3.61. The molecule has 0 bridgehead atoms. The molecular formula is C28H35N3O4S2. The number of carbonyl (C=O) groups is 3. The van der Waals surface area contributed by atoms with Crippen molar-refractivity contribution >= 4 is 40.6 Å². The summed E-state index contributed by atoms with van der Waals surface area (Å²) in [6.45, 7) is 3.59. The van der Waals surface area contributed by atoms with Gasteiger partial charge in [-0.25, -0.2) is 4.79 Å². The van der Waals surface area contributed by atoms with E-state index in [4.69, 9.17) is 4.74 Å². The summed E-state index contributed by atoms with van der Waals surface area (Å²) in [6.07, 6.45) is 2.35. The molecule has 0 saturated carbocycles. The third-order valence-electron chi connectivity index (χ3n) is 5.68. The zero-order chi connectivity index (χ0) is 26.3. The first-order valence-corrected chi connectivity index (χ1v) is 14.4. The van der Waals surface area contributed by atoms with Gasteiger partial charge >= 0.3 is 6.09 Å². The smallest absolute Gasteiger partial charge is 0.407 e. The van der Waals surface area contributed by atoms with Crippen LogP contribution in [0.3, 0.4) is 0 Å². The number of thiophene rings is 2. The molecule has 2 aromatic heterocycles. The molecule has 7 nitrogen and oxygen atoms in total. The Hall–Kier alpha value is -3.17. The van der Waals surface area contributed by atoms with Crippen molar-refractivity contribution in [2.24, 2.45) is 0 Å². The highest BCUT2D eigenvalue weighted by Crippen LogP contribution is 2.19. The third-order valence-corrected chi connectivity index (χ3v) is 7.40. The Balaban J connectivity index is 1.52. The van der Waals surface area contributed by atoms with Gasteiger partial charge in [0.2, 0.25) is 11.8 Å². The lowest BCUT2D eigenvalue weighted by Crippen LogP contribution is -2.48. The number of rotatable bonds is 15. The van der Waals surface area contributed by atoms with Crippen LogP contribution in [0.25, 0.3) is 0 Å². The molecule has 9 heteroatoms. The number of nitrogens with one attached hydrogen (secondary N) is 2. The number of ether oxygens (including phenoxy) is 1. The molecule has 3 amide bonds. The fourth-order valence-corrected chi connectivity index (χ4v) is 5.24. The van der Waals surface area contributed by atoms with Crippen LogP contribution in [0, 0.1) is 0 Å². The molecule has 0 saturated heterocycles. The quantitative estimate of drug-likeness (QED) is 0.241. The minimum atomic E-state index is -0.620. The van der Waals surface area contributed by atoms with Crippen molar-refractivity contribution in [3.05, 3.63) is 80.7 Å². The summed E-state index contributed by atoms with van der Waals surface area (Å²) < 4.78 is 5.28. The first-order chi connectivity index (χ1) is 18.0. The van der Waals surface area contributed by atoms with Crippen LogP contribution in [-0.4, -0.2) is 35.5 Å². The van der Waals surface area contributed by atoms with Gasteiger partial charge in [0.15, 0.2) is 0 Å². The van der Waals surface area contributed by atoms with Crippen LogP contribution in [0.15, 0.2) is 65.4 Å². The summed E-state index contributed by atoms with van der Waals surface area (Å²) in [5.41, 5.74) is 0.998. The Kier molecular flexibility index (Phi) is 12.2. The number of amides is 3. The van der Waals surface area contributed by atoms with Crippen molar-refractivity contribution in [1.82, 2.24) is 15.5 Å². The molecule has 0 aliphatic heterocycles. The van der Waals surface area contributed by atoms with E-state index in [1.165, 1.54) is 0 Å². The Morgan fingerprint density at radius 2 is 1.59 bits per heavy atom. The molecule has 1 atom stereocenters. The van der Waals surface area contributed by atoms with Gasteiger partial charge in [0.05, 0.1) is 19.7 Å². The molecule has 1 aromatic carbocycles. The maximum absolute atomic E-state index is 13.7. The zero-order valence-corrected chi connectivity index (χ0v) is 22.8. The van der Waals surface area contributed by atoms with E-state index in [0.29, 0.717) is 51.7 Å². The van der Waals surface area contributed by atoms with Crippen LogP contribution in [0.5, 0.6) is 0 Å². The van der Waals surface area contributed by atoms with Gasteiger partial charge in [-0.05, 0) is 54.1 Å². The monoisotopic (exact) mass is 541 g/mol. The summed E-state index contributed by atoms with van der Waals surface area (Å²) in [5.74, 6) is -0.211. The highest BCUT2D eigenvalue weighted by molar-refractivity contribution is 7.10. The van der Waals surface area contributed by atoms with E-state index in [-0.39, 0.29) is 18.4 Å². The van der Waals surface area contributed by atoms with Crippen molar-refractivity contribution in [3.63, 3.8) is 0 Å². The normalized spacial score (nSPS) is 11.5. The van der Waals surface area contributed by atoms with Crippen LogP contribution in [0.4, 0.5) is 4.79 Å². The molecule has 3 aromatic rings. The van der Waals surface area contributed by atoms with Crippen molar-refractivity contribution < 1.29 is 19.1 Å². The number of hydrogen-bond donors (Lipinski definition) is 2. The van der Waals surface area contributed by atoms with Crippen LogP contribution in [-0.2, 0) is 34.0 Å². The summed E-state index contributed by atoms with van der Waals surface area (Å²) in [7, 11) is 0. The standard InChI is InChI=1S/C28H35N3O4S2/c1-2-10-26(32)30-25(15-6-7-16-35-28(34)29-19-22-11-4-3-5-12-22)27(33)31(20-23-13-8-17-36-23)21-24-14-9-18-37-24/h3-5,8-9,11-14,17-18,25H,2,6-7,10,15-16,19-21H2,1H3,(H,29,34)(H,30,32)/t25-/m0/s1. The van der Waals surface area contributed by atoms with Gasteiger partial charge in [0, 0.05) is 22.7 Å². The van der Waals surface area contributed by atoms with E-state index in [9.17, 15) is 14.4 Å². The lowest BCUT2D eigenvalue weighted by Gasteiger charge is -2.27. The molecule has 2 heterocycles. The second kappa shape index (κ2) is 15.8. The third kappa shape index (κ3) is 10.4. The van der Waals surface area contributed by atoms with Crippen molar-refractivity contribution in [1.29, 1.82) is 0 Å². The van der Waals surface area contributed by atoms with E-state index in [0.717, 1.165) is 15.3 Å². The van der Waals surface area contributed by atoms with Crippen LogP contribution in [0.2, 0.25) is 0 Å². The Morgan fingerprint density at radius 3 is 2.19 bits per heavy atom. The molecule has 2 N–H and O–H groups in total. The minimum Gasteiger partial charge on any atom is -0.450 e. The molecule has 0 spiro atoms. The van der Waals surface area contributed by atoms with Gasteiger partial charge in [0.25, 0.3) is 0 Å². The van der Waals surface area contributed by atoms with Crippen LogP contribution >= 0.6 is 22.7 Å². The molecule has 0 aliphatic rings. The largest absolute Gasteiger partial charge is 0.450 e. The molecule has 0 fully saturated rings. The van der Waals surface area contributed by atoms with Gasteiger partial charge in [-0.1, -0.05) is 49.4 Å². The summed E-state index contributed by atoms with van der Waals surface area (Å²) >= 11 is 3.22. The van der Waals surface area contributed by atoms with Gasteiger partial charge in [0.1, 0.15) is 6.04 Å². The van der Waals surface area contributed by atoms with Crippen molar-refractivity contribution in [3.8, 4) is 0 Å². The van der Waals surface area contributed by atoms with Gasteiger partial charge < -0.3 is 20.3 Å². The molecule has 3 rings (SSSR count). The number of benzene rings is 1. The SMILES string of the molecule is CCCC(=O)N[C@@H](CCCCOC(=O)NCc1ccccc1)C(=O)N(Cc1cccs1)Cc1cccs1. The first kappa shape index (κ1) is 28.4. The maximum Gasteiger partial charge on any atom is 0.407 e. The highest BCUT2D eigenvalue weighted by atomic mass is 32.1. The molecular weight excluding hydrogens is 506 g/mol. The fourth-order valence-electron chi connectivity index (χ4n) is 3.80. The van der Waals surface area contributed by atoms with Gasteiger partial charge in [-0.3, -0.25) is 9.59 Å². The topological polar surface area (TPSA) is 87.7 Å². The van der Waals surface area contributed by atoms with Crippen molar-refractivity contribution in [2.75, 3.05) is 6.61 Å². The summed E-state index contributed by atoms with van der Waals surface area (Å²) in [5, 5.41) is 9.69. The van der Waals surface area contributed by atoms with Gasteiger partial charge in [-0.15, -0.1) is 22.7 Å². The van der Waals surface area contributed by atoms with E-state index >= 15 is 0 Å². The molecule has 0 unspecified atom stereocenters. The molecule has 0 radical (unpaired) electrons. The lowest BCUT2D eigenvalue weighted by molar-refractivity contribution is -0.137. The summed E-state index contributed by atoms with van der Waals surface area (Å²) in [4.78, 5) is 42.1. The average molecular weight is 542 g/mol. The second-order valence-electron chi connectivity index (χ2n) is 8.69. The number of unbranched alkanes of at least 4 members (excludes halogenated alkanes) is 1. The number of carbonyl (C=O) groups excluding carboxylic acids is 3. The first-order valence-electron chi connectivity index (χ1n) is 12.6. The van der Waals surface area contributed by atoms with E-state index in [1.54, 1.807) is 22.7 Å².